The highest BCUT2D eigenvalue weighted by atomic mass is 35.5. The molecule has 0 radical (unpaired) electrons. The highest BCUT2D eigenvalue weighted by Gasteiger charge is 2.35. The van der Waals surface area contributed by atoms with E-state index in [0.29, 0.717) is 17.9 Å². The Balaban J connectivity index is 1.89. The summed E-state index contributed by atoms with van der Waals surface area (Å²) in [5.41, 5.74) is 0.195. The van der Waals surface area contributed by atoms with Crippen LogP contribution in [0.1, 0.15) is 30.1 Å². The lowest BCUT2D eigenvalue weighted by Gasteiger charge is -2.43. The number of aromatic nitrogens is 1. The van der Waals surface area contributed by atoms with Crippen molar-refractivity contribution in [2.75, 3.05) is 24.5 Å². The van der Waals surface area contributed by atoms with Crippen molar-refractivity contribution in [2.45, 2.75) is 31.8 Å². The van der Waals surface area contributed by atoms with Gasteiger partial charge in [0.1, 0.15) is 11.0 Å². The standard InChI is InChI=1S/C14H18ClN3O2/c1-9-7-17-4-2-3-11(17)8-18(9)13-6-10(14(19)20)5-12(15)16-13/h5-6,9,11H,2-4,7-8H2,1H3,(H,19,20). The van der Waals surface area contributed by atoms with Gasteiger partial charge in [0.15, 0.2) is 0 Å². The van der Waals surface area contributed by atoms with E-state index in [-0.39, 0.29) is 10.7 Å². The zero-order chi connectivity index (χ0) is 14.3. The highest BCUT2D eigenvalue weighted by molar-refractivity contribution is 6.29. The Kier molecular flexibility index (Phi) is 3.56. The molecule has 2 aliphatic rings. The predicted octanol–water partition coefficient (Wildman–Crippen LogP) is 2.11. The third-order valence-corrected chi connectivity index (χ3v) is 4.45. The average Bonchev–Trinajstić information content (AvgIpc) is 2.83. The molecule has 2 aliphatic heterocycles. The Morgan fingerprint density at radius 1 is 1.45 bits per heavy atom. The van der Waals surface area contributed by atoms with Crippen LogP contribution in [0.15, 0.2) is 12.1 Å². The molecule has 0 bridgehead atoms. The van der Waals surface area contributed by atoms with Gasteiger partial charge in [-0.1, -0.05) is 11.6 Å². The molecule has 3 rings (SSSR count). The molecule has 1 aromatic rings. The minimum absolute atomic E-state index is 0.195. The van der Waals surface area contributed by atoms with Gasteiger partial charge in [-0.15, -0.1) is 0 Å². The van der Waals surface area contributed by atoms with Crippen LogP contribution in [-0.4, -0.2) is 52.7 Å². The SMILES string of the molecule is CC1CN2CCCC2CN1c1cc(C(=O)O)cc(Cl)n1. The Morgan fingerprint density at radius 3 is 3.00 bits per heavy atom. The van der Waals surface area contributed by atoms with Crippen LogP contribution in [0.25, 0.3) is 0 Å². The monoisotopic (exact) mass is 295 g/mol. The van der Waals surface area contributed by atoms with Crippen molar-refractivity contribution in [1.82, 2.24) is 9.88 Å². The summed E-state index contributed by atoms with van der Waals surface area (Å²) in [7, 11) is 0. The van der Waals surface area contributed by atoms with E-state index in [1.807, 2.05) is 0 Å². The minimum atomic E-state index is -0.970. The summed E-state index contributed by atoms with van der Waals surface area (Å²) in [4.78, 5) is 20.2. The van der Waals surface area contributed by atoms with E-state index >= 15 is 0 Å². The number of hydrogen-bond donors (Lipinski definition) is 1. The number of carbonyl (C=O) groups is 1. The minimum Gasteiger partial charge on any atom is -0.478 e. The average molecular weight is 296 g/mol. The first kappa shape index (κ1) is 13.6. The molecule has 2 unspecified atom stereocenters. The van der Waals surface area contributed by atoms with E-state index in [9.17, 15) is 4.79 Å². The zero-order valence-corrected chi connectivity index (χ0v) is 12.2. The van der Waals surface area contributed by atoms with Crippen LogP contribution >= 0.6 is 11.6 Å². The van der Waals surface area contributed by atoms with Gasteiger partial charge in [-0.2, -0.15) is 0 Å². The second-order valence-electron chi connectivity index (χ2n) is 5.63. The topological polar surface area (TPSA) is 56.7 Å². The number of piperazine rings is 1. The van der Waals surface area contributed by atoms with Gasteiger partial charge < -0.3 is 10.0 Å². The molecular formula is C14H18ClN3O2. The Morgan fingerprint density at radius 2 is 2.25 bits per heavy atom. The first-order valence-corrected chi connectivity index (χ1v) is 7.34. The van der Waals surface area contributed by atoms with Crippen LogP contribution in [0, 0.1) is 0 Å². The summed E-state index contributed by atoms with van der Waals surface area (Å²) in [6.45, 7) is 5.22. The summed E-state index contributed by atoms with van der Waals surface area (Å²) in [6, 6.07) is 3.89. The van der Waals surface area contributed by atoms with Gasteiger partial charge in [-0.3, -0.25) is 4.90 Å². The maximum atomic E-state index is 11.1. The summed E-state index contributed by atoms with van der Waals surface area (Å²) in [5.74, 6) is -0.295. The van der Waals surface area contributed by atoms with Crippen LogP contribution in [-0.2, 0) is 0 Å². The maximum Gasteiger partial charge on any atom is 0.335 e. The van der Waals surface area contributed by atoms with Gasteiger partial charge in [0.25, 0.3) is 0 Å². The number of nitrogens with zero attached hydrogens (tertiary/aromatic N) is 3. The largest absolute Gasteiger partial charge is 0.478 e. The van der Waals surface area contributed by atoms with Crippen molar-refractivity contribution < 1.29 is 9.90 Å². The third-order valence-electron chi connectivity index (χ3n) is 4.26. The van der Waals surface area contributed by atoms with Crippen molar-refractivity contribution in [3.8, 4) is 0 Å². The normalized spacial score (nSPS) is 26.6. The number of hydrogen-bond acceptors (Lipinski definition) is 4. The van der Waals surface area contributed by atoms with Gasteiger partial charge in [0.2, 0.25) is 0 Å². The molecule has 6 heteroatoms. The zero-order valence-electron chi connectivity index (χ0n) is 11.4. The number of carboxylic acids is 1. The number of aromatic carboxylic acids is 1. The molecule has 108 valence electrons. The number of anilines is 1. The Bertz CT molecular complexity index is 537. The van der Waals surface area contributed by atoms with Crippen LogP contribution in [0.3, 0.4) is 0 Å². The fraction of sp³-hybridized carbons (Fsp3) is 0.571. The molecule has 2 fully saturated rings. The molecule has 1 N–H and O–H groups in total. The van der Waals surface area contributed by atoms with Crippen molar-refractivity contribution >= 4 is 23.4 Å². The van der Waals surface area contributed by atoms with E-state index in [0.717, 1.165) is 13.1 Å². The first-order chi connectivity index (χ1) is 9.54. The predicted molar refractivity (Wildman–Crippen MR) is 77.6 cm³/mol. The number of pyridine rings is 1. The number of carboxylic acid groups (broad SMARTS) is 1. The van der Waals surface area contributed by atoms with E-state index in [2.05, 4.69) is 21.7 Å². The molecule has 0 aliphatic carbocycles. The molecule has 0 aromatic carbocycles. The first-order valence-electron chi connectivity index (χ1n) is 6.96. The Labute approximate surface area is 123 Å². The van der Waals surface area contributed by atoms with Crippen molar-refractivity contribution in [3.05, 3.63) is 22.8 Å². The van der Waals surface area contributed by atoms with E-state index < -0.39 is 5.97 Å². The molecule has 0 saturated carbocycles. The number of halogens is 1. The molecule has 1 aromatic heterocycles. The number of fused-ring (bicyclic) bond motifs is 1. The van der Waals surface area contributed by atoms with Gasteiger partial charge in [0.05, 0.1) is 5.56 Å². The van der Waals surface area contributed by atoms with Crippen LogP contribution < -0.4 is 4.90 Å². The molecule has 3 heterocycles. The lowest BCUT2D eigenvalue weighted by molar-refractivity contribution is 0.0696. The molecule has 0 amide bonds. The molecule has 2 atom stereocenters. The fourth-order valence-electron chi connectivity index (χ4n) is 3.26. The van der Waals surface area contributed by atoms with Crippen LogP contribution in [0.2, 0.25) is 5.15 Å². The molecular weight excluding hydrogens is 278 g/mol. The van der Waals surface area contributed by atoms with E-state index in [4.69, 9.17) is 16.7 Å². The smallest absolute Gasteiger partial charge is 0.335 e. The molecule has 5 nitrogen and oxygen atoms in total. The maximum absolute atomic E-state index is 11.1. The number of rotatable bonds is 2. The summed E-state index contributed by atoms with van der Waals surface area (Å²) >= 11 is 5.96. The van der Waals surface area contributed by atoms with Gasteiger partial charge in [-0.05, 0) is 38.4 Å². The van der Waals surface area contributed by atoms with Crippen molar-refractivity contribution in [2.24, 2.45) is 0 Å². The van der Waals surface area contributed by atoms with Gasteiger partial charge in [-0.25, -0.2) is 9.78 Å². The van der Waals surface area contributed by atoms with Crippen LogP contribution in [0.5, 0.6) is 0 Å². The van der Waals surface area contributed by atoms with Gasteiger partial charge in [0, 0.05) is 25.2 Å². The highest BCUT2D eigenvalue weighted by Crippen LogP contribution is 2.29. The van der Waals surface area contributed by atoms with Crippen molar-refractivity contribution in [3.63, 3.8) is 0 Å². The van der Waals surface area contributed by atoms with Gasteiger partial charge >= 0.3 is 5.97 Å². The quantitative estimate of drug-likeness (QED) is 0.847. The third kappa shape index (κ3) is 2.47. The summed E-state index contributed by atoms with van der Waals surface area (Å²) in [6.07, 6.45) is 2.45. The fourth-order valence-corrected chi connectivity index (χ4v) is 3.46. The lowest BCUT2D eigenvalue weighted by Crippen LogP contribution is -2.55. The molecule has 20 heavy (non-hydrogen) atoms. The van der Waals surface area contributed by atoms with Crippen molar-refractivity contribution in [1.29, 1.82) is 0 Å². The molecule has 0 spiro atoms. The Hall–Kier alpha value is -1.33. The second kappa shape index (κ2) is 5.22. The van der Waals surface area contributed by atoms with Crippen LogP contribution in [0.4, 0.5) is 5.82 Å². The second-order valence-corrected chi connectivity index (χ2v) is 6.02. The summed E-state index contributed by atoms with van der Waals surface area (Å²) < 4.78 is 0. The molecule has 2 saturated heterocycles. The lowest BCUT2D eigenvalue weighted by atomic mass is 10.1. The van der Waals surface area contributed by atoms with E-state index in [1.165, 1.54) is 25.5 Å². The van der Waals surface area contributed by atoms with E-state index in [1.54, 1.807) is 6.07 Å². The summed E-state index contributed by atoms with van der Waals surface area (Å²) in [5, 5.41) is 9.37.